The first kappa shape index (κ1) is 8.44. The molecule has 44 valence electrons. The SMILES string of the molecule is Oc1[c-]cc(O)cc1.[Zn]. The van der Waals surface area contributed by atoms with Crippen molar-refractivity contribution in [2.75, 3.05) is 0 Å². The van der Waals surface area contributed by atoms with Crippen molar-refractivity contribution in [3.63, 3.8) is 0 Å². The Morgan fingerprint density at radius 2 is 1.89 bits per heavy atom. The molecule has 0 aromatic heterocycles. The first-order valence-corrected chi connectivity index (χ1v) is 2.19. The molecule has 0 unspecified atom stereocenters. The molecule has 1 aromatic carbocycles. The third kappa shape index (κ3) is 2.47. The van der Waals surface area contributed by atoms with Crippen molar-refractivity contribution >= 4 is 0 Å². The normalized spacial score (nSPS) is 8.00. The van der Waals surface area contributed by atoms with Crippen molar-refractivity contribution in [1.82, 2.24) is 0 Å². The van der Waals surface area contributed by atoms with Gasteiger partial charge in [-0.15, -0.1) is 24.3 Å². The minimum atomic E-state index is 0. The topological polar surface area (TPSA) is 40.5 Å². The fourth-order valence-electron chi connectivity index (χ4n) is 0.408. The molecule has 0 bridgehead atoms. The molecule has 9 heavy (non-hydrogen) atoms. The molecule has 0 amide bonds. The molecule has 0 saturated heterocycles. The summed E-state index contributed by atoms with van der Waals surface area (Å²) in [4.78, 5) is 0. The van der Waals surface area contributed by atoms with E-state index in [1.54, 1.807) is 0 Å². The van der Waals surface area contributed by atoms with Crippen molar-refractivity contribution in [1.29, 1.82) is 0 Å². The van der Waals surface area contributed by atoms with Crippen molar-refractivity contribution in [2.24, 2.45) is 0 Å². The number of hydrogen-bond donors (Lipinski definition) is 2. The molecule has 0 aliphatic rings. The van der Waals surface area contributed by atoms with Gasteiger partial charge in [-0.1, -0.05) is 0 Å². The second kappa shape index (κ2) is 3.47. The second-order valence-corrected chi connectivity index (χ2v) is 1.43. The van der Waals surface area contributed by atoms with E-state index >= 15 is 0 Å². The van der Waals surface area contributed by atoms with Crippen LogP contribution < -0.4 is 0 Å². The summed E-state index contributed by atoms with van der Waals surface area (Å²) in [5.41, 5.74) is 0. The van der Waals surface area contributed by atoms with Gasteiger partial charge in [-0.2, -0.15) is 0 Å². The molecule has 2 nitrogen and oxygen atoms in total. The van der Waals surface area contributed by atoms with Crippen molar-refractivity contribution in [2.45, 2.75) is 0 Å². The van der Waals surface area contributed by atoms with E-state index in [1.165, 1.54) is 18.2 Å². The van der Waals surface area contributed by atoms with Gasteiger partial charge in [0.15, 0.2) is 0 Å². The molecule has 0 radical (unpaired) electrons. The van der Waals surface area contributed by atoms with Gasteiger partial charge in [-0.05, 0) is 0 Å². The van der Waals surface area contributed by atoms with Crippen LogP contribution in [-0.2, 0) is 19.5 Å². The van der Waals surface area contributed by atoms with Gasteiger partial charge in [0.2, 0.25) is 0 Å². The van der Waals surface area contributed by atoms with E-state index in [4.69, 9.17) is 10.2 Å². The van der Waals surface area contributed by atoms with Crippen molar-refractivity contribution in [3.8, 4) is 11.5 Å². The summed E-state index contributed by atoms with van der Waals surface area (Å²) < 4.78 is 0. The minimum absolute atomic E-state index is 0. The van der Waals surface area contributed by atoms with Crippen LogP contribution in [0.2, 0.25) is 0 Å². The average molecular weight is 174 g/mol. The monoisotopic (exact) mass is 173 g/mol. The van der Waals surface area contributed by atoms with Crippen LogP contribution in [0.25, 0.3) is 0 Å². The zero-order chi connectivity index (χ0) is 5.98. The smallest absolute Gasteiger partial charge is 0.00421 e. The predicted molar refractivity (Wildman–Crippen MR) is 28.6 cm³/mol. The quantitative estimate of drug-likeness (QED) is 0.349. The number of benzene rings is 1. The van der Waals surface area contributed by atoms with Gasteiger partial charge >= 0.3 is 0 Å². The van der Waals surface area contributed by atoms with Gasteiger partial charge in [0.1, 0.15) is 0 Å². The Hall–Kier alpha value is -0.557. The Balaban J connectivity index is 0.000000640. The summed E-state index contributed by atoms with van der Waals surface area (Å²) in [6.07, 6.45) is 0. The standard InChI is InChI=1S/C6H5O2.Zn/c7-5-1-2-6(8)4-3-5;/h1-3,7-8H;/q-1;. The van der Waals surface area contributed by atoms with E-state index in [1.807, 2.05) is 0 Å². The average Bonchev–Trinajstić information content (AvgIpc) is 1.77. The maximum Gasteiger partial charge on any atom is 0.00421 e. The van der Waals surface area contributed by atoms with Crippen LogP contribution in [-0.4, -0.2) is 10.2 Å². The van der Waals surface area contributed by atoms with Crippen LogP contribution in [0.15, 0.2) is 18.2 Å². The summed E-state index contributed by atoms with van der Waals surface area (Å²) in [5, 5.41) is 17.2. The molecule has 1 rings (SSSR count). The molecular formula is C6H5O2Zn-. The molecule has 1 aromatic rings. The maximum absolute atomic E-state index is 8.61. The maximum atomic E-state index is 8.61. The largest absolute Gasteiger partial charge is 0.566 e. The molecule has 0 spiro atoms. The Morgan fingerprint density at radius 3 is 2.22 bits per heavy atom. The minimum Gasteiger partial charge on any atom is -0.566 e. The number of phenols is 2. The van der Waals surface area contributed by atoms with E-state index in [0.29, 0.717) is 0 Å². The van der Waals surface area contributed by atoms with E-state index in [2.05, 4.69) is 6.07 Å². The second-order valence-electron chi connectivity index (χ2n) is 1.43. The summed E-state index contributed by atoms with van der Waals surface area (Å²) in [6, 6.07) is 6.47. The molecule has 0 heterocycles. The molecule has 0 fully saturated rings. The summed E-state index contributed by atoms with van der Waals surface area (Å²) in [7, 11) is 0. The van der Waals surface area contributed by atoms with Crippen molar-refractivity contribution in [3.05, 3.63) is 24.3 Å². The predicted octanol–water partition coefficient (Wildman–Crippen LogP) is 0.895. The number of hydrogen-bond acceptors (Lipinski definition) is 2. The van der Waals surface area contributed by atoms with Gasteiger partial charge in [0, 0.05) is 31.0 Å². The van der Waals surface area contributed by atoms with E-state index in [0.717, 1.165) is 0 Å². The fraction of sp³-hybridized carbons (Fsp3) is 0. The molecule has 2 N–H and O–H groups in total. The van der Waals surface area contributed by atoms with E-state index < -0.39 is 0 Å². The van der Waals surface area contributed by atoms with E-state index in [9.17, 15) is 0 Å². The van der Waals surface area contributed by atoms with Crippen LogP contribution in [0.4, 0.5) is 0 Å². The zero-order valence-corrected chi connectivity index (χ0v) is 7.80. The van der Waals surface area contributed by atoms with E-state index in [-0.39, 0.29) is 31.0 Å². The molecule has 0 aliphatic heterocycles. The summed E-state index contributed by atoms with van der Waals surface area (Å²) in [6.45, 7) is 0. The Kier molecular flexibility index (Phi) is 3.25. The Morgan fingerprint density at radius 1 is 1.22 bits per heavy atom. The van der Waals surface area contributed by atoms with Gasteiger partial charge in [0.05, 0.1) is 0 Å². The summed E-state index contributed by atoms with van der Waals surface area (Å²) >= 11 is 0. The fourth-order valence-corrected chi connectivity index (χ4v) is 0.408. The van der Waals surface area contributed by atoms with Crippen LogP contribution in [0.1, 0.15) is 0 Å². The van der Waals surface area contributed by atoms with Crippen molar-refractivity contribution < 1.29 is 29.7 Å². The van der Waals surface area contributed by atoms with Crippen LogP contribution in [0, 0.1) is 6.07 Å². The third-order valence-corrected chi connectivity index (χ3v) is 0.780. The van der Waals surface area contributed by atoms with Crippen LogP contribution in [0.5, 0.6) is 11.5 Å². The Bertz CT molecular complexity index is 150. The van der Waals surface area contributed by atoms with Gasteiger partial charge < -0.3 is 10.2 Å². The third-order valence-electron chi connectivity index (χ3n) is 0.780. The molecule has 0 saturated carbocycles. The zero-order valence-electron chi connectivity index (χ0n) is 4.83. The van der Waals surface area contributed by atoms with Gasteiger partial charge in [0.25, 0.3) is 0 Å². The van der Waals surface area contributed by atoms with Gasteiger partial charge in [-0.3, -0.25) is 0 Å². The van der Waals surface area contributed by atoms with Crippen LogP contribution >= 0.6 is 0 Å². The first-order valence-electron chi connectivity index (χ1n) is 2.19. The molecule has 3 heteroatoms. The summed E-state index contributed by atoms with van der Waals surface area (Å²) in [5.74, 6) is 0.158. The first-order chi connectivity index (χ1) is 3.79. The number of rotatable bonds is 0. The number of aromatic hydroxyl groups is 2. The molecule has 0 aliphatic carbocycles. The Labute approximate surface area is 65.9 Å². The molecule has 0 atom stereocenters. The van der Waals surface area contributed by atoms with Gasteiger partial charge in [-0.25, -0.2) is 0 Å². The molecular weight excluding hydrogens is 169 g/mol. The number of phenolic OH excluding ortho intramolecular Hbond substituents is 2. The van der Waals surface area contributed by atoms with Crippen LogP contribution in [0.3, 0.4) is 0 Å².